The highest BCUT2D eigenvalue weighted by Gasteiger charge is 2.31. The van der Waals surface area contributed by atoms with E-state index in [1.54, 1.807) is 25.5 Å². The van der Waals surface area contributed by atoms with Crippen LogP contribution in [0.2, 0.25) is 0 Å². The van der Waals surface area contributed by atoms with Crippen LogP contribution in [0.1, 0.15) is 22.3 Å². The summed E-state index contributed by atoms with van der Waals surface area (Å²) in [4.78, 5) is 4.60. The molecule has 5 aromatic rings. The molecule has 6 nitrogen and oxygen atoms in total. The number of hydrogen-bond acceptors (Lipinski definition) is 4. The molecular formula is C29H24F3N5OS. The number of para-hydroxylation sites is 1. The molecule has 0 aliphatic carbocycles. The Kier molecular flexibility index (Phi) is 6.96. The Hall–Kier alpha value is -4.44. The van der Waals surface area contributed by atoms with Crippen LogP contribution in [0.25, 0.3) is 27.5 Å². The van der Waals surface area contributed by atoms with E-state index in [1.807, 2.05) is 66.9 Å². The maximum atomic E-state index is 12.6. The Bertz CT molecular complexity index is 1720. The van der Waals surface area contributed by atoms with Gasteiger partial charge in [-0.25, -0.2) is 4.98 Å². The van der Waals surface area contributed by atoms with E-state index in [2.05, 4.69) is 25.6 Å². The van der Waals surface area contributed by atoms with Crippen molar-refractivity contribution < 1.29 is 17.9 Å². The topological polar surface area (TPSA) is 63.5 Å². The third-order valence-corrected chi connectivity index (χ3v) is 6.51. The van der Waals surface area contributed by atoms with Crippen molar-refractivity contribution in [2.75, 3.05) is 5.32 Å². The monoisotopic (exact) mass is 547 g/mol. The van der Waals surface area contributed by atoms with Gasteiger partial charge in [-0.3, -0.25) is 9.99 Å². The number of benzene rings is 4. The Morgan fingerprint density at radius 1 is 0.974 bits per heavy atom. The highest BCUT2D eigenvalue weighted by atomic mass is 32.1. The maximum absolute atomic E-state index is 12.6. The molecule has 5 rings (SSSR count). The van der Waals surface area contributed by atoms with E-state index in [9.17, 15) is 13.2 Å². The van der Waals surface area contributed by atoms with Gasteiger partial charge in [-0.2, -0.15) is 5.10 Å². The van der Waals surface area contributed by atoms with Gasteiger partial charge in [0.05, 0.1) is 22.9 Å². The molecule has 198 valence electrons. The number of aromatic nitrogens is 2. The summed E-state index contributed by atoms with van der Waals surface area (Å²) in [6, 6.07) is 20.1. The van der Waals surface area contributed by atoms with Gasteiger partial charge >= 0.3 is 6.36 Å². The highest BCUT2D eigenvalue weighted by Crippen LogP contribution is 2.30. The number of alkyl halides is 3. The normalized spacial score (nSPS) is 11.8. The lowest BCUT2D eigenvalue weighted by atomic mass is 10.1. The lowest BCUT2D eigenvalue weighted by Gasteiger charge is -2.13. The molecule has 0 saturated carbocycles. The van der Waals surface area contributed by atoms with E-state index in [0.29, 0.717) is 16.4 Å². The quantitative estimate of drug-likeness (QED) is 0.137. The highest BCUT2D eigenvalue weighted by molar-refractivity contribution is 7.80. The number of aryl methyl sites for hydroxylation is 3. The minimum atomic E-state index is -4.74. The number of nitrogens with one attached hydrogen (secondary N) is 2. The van der Waals surface area contributed by atoms with Crippen molar-refractivity contribution in [3.63, 3.8) is 0 Å². The standard InChI is InChI=1S/C29H24F3N5OS/c1-17-5-4-6-18(2)26(17)35-28(39)36-34-15-20-7-10-23-21(14-20)8-11-25-27(23)33-16-37(25)24-12-9-22(13-19(24)3)38-29(30,31)32/h4-16H,1-3H3,(H2,35,36,39). The summed E-state index contributed by atoms with van der Waals surface area (Å²) in [6.45, 7) is 5.76. The second kappa shape index (κ2) is 10.4. The average Bonchev–Trinajstić information content (AvgIpc) is 3.29. The summed E-state index contributed by atoms with van der Waals surface area (Å²) >= 11 is 5.38. The van der Waals surface area contributed by atoms with Gasteiger partial charge in [0.2, 0.25) is 0 Å². The number of ether oxygens (including phenoxy) is 1. The predicted octanol–water partition coefficient (Wildman–Crippen LogP) is 7.32. The molecule has 0 bridgehead atoms. The number of imidazole rings is 1. The van der Waals surface area contributed by atoms with E-state index in [4.69, 9.17) is 12.2 Å². The largest absolute Gasteiger partial charge is 0.573 e. The van der Waals surface area contributed by atoms with E-state index in [1.165, 1.54) is 12.1 Å². The Labute approximate surface area is 228 Å². The molecule has 39 heavy (non-hydrogen) atoms. The smallest absolute Gasteiger partial charge is 0.406 e. The first kappa shape index (κ1) is 26.2. The number of fused-ring (bicyclic) bond motifs is 3. The molecule has 0 atom stereocenters. The fourth-order valence-electron chi connectivity index (χ4n) is 4.51. The van der Waals surface area contributed by atoms with Gasteiger partial charge in [-0.1, -0.05) is 36.4 Å². The molecule has 0 amide bonds. The van der Waals surface area contributed by atoms with Crippen molar-refractivity contribution in [2.45, 2.75) is 27.1 Å². The van der Waals surface area contributed by atoms with E-state index in [-0.39, 0.29) is 5.75 Å². The number of nitrogens with zero attached hydrogens (tertiary/aromatic N) is 3. The summed E-state index contributed by atoms with van der Waals surface area (Å²) in [6.07, 6.45) is -1.38. The number of thiocarbonyl (C=S) groups is 1. The number of hydrazone groups is 1. The van der Waals surface area contributed by atoms with Crippen LogP contribution in [0.4, 0.5) is 18.9 Å². The average molecular weight is 548 g/mol. The van der Waals surface area contributed by atoms with Crippen molar-refractivity contribution in [3.8, 4) is 11.4 Å². The number of rotatable bonds is 5. The number of hydrogen-bond donors (Lipinski definition) is 2. The molecule has 0 fully saturated rings. The fourth-order valence-corrected chi connectivity index (χ4v) is 4.67. The van der Waals surface area contributed by atoms with Gasteiger partial charge in [0.25, 0.3) is 0 Å². The lowest BCUT2D eigenvalue weighted by molar-refractivity contribution is -0.274. The van der Waals surface area contributed by atoms with Crippen LogP contribution < -0.4 is 15.5 Å². The molecule has 0 unspecified atom stereocenters. The van der Waals surface area contributed by atoms with E-state index < -0.39 is 6.36 Å². The molecule has 10 heteroatoms. The van der Waals surface area contributed by atoms with Crippen LogP contribution in [0.15, 0.2) is 78.2 Å². The van der Waals surface area contributed by atoms with Gasteiger partial charge in [-0.15, -0.1) is 13.2 Å². The Balaban J connectivity index is 1.35. The van der Waals surface area contributed by atoms with Crippen LogP contribution in [-0.4, -0.2) is 27.2 Å². The van der Waals surface area contributed by atoms with Crippen molar-refractivity contribution in [3.05, 3.63) is 95.3 Å². The predicted molar refractivity (Wildman–Crippen MR) is 153 cm³/mol. The van der Waals surface area contributed by atoms with Gasteiger partial charge in [0.15, 0.2) is 5.11 Å². The van der Waals surface area contributed by atoms with Gasteiger partial charge in [-0.05, 0) is 91.0 Å². The fraction of sp³-hybridized carbons (Fsp3) is 0.138. The van der Waals surface area contributed by atoms with Crippen LogP contribution in [-0.2, 0) is 0 Å². The molecule has 0 spiro atoms. The van der Waals surface area contributed by atoms with Gasteiger partial charge in [0, 0.05) is 11.1 Å². The zero-order valence-electron chi connectivity index (χ0n) is 21.3. The SMILES string of the molecule is Cc1cc(OC(F)(F)F)ccc1-n1cnc2c3ccc(C=NNC(=S)Nc4c(C)cccc4C)cc3ccc21. The first-order valence-electron chi connectivity index (χ1n) is 12.0. The van der Waals surface area contributed by atoms with Crippen LogP contribution >= 0.6 is 12.2 Å². The second-order valence-electron chi connectivity index (χ2n) is 9.12. The minimum Gasteiger partial charge on any atom is -0.406 e. The number of anilines is 1. The van der Waals surface area contributed by atoms with Crippen LogP contribution in [0.5, 0.6) is 5.75 Å². The van der Waals surface area contributed by atoms with Crippen molar-refractivity contribution >= 4 is 51.0 Å². The Morgan fingerprint density at radius 3 is 2.46 bits per heavy atom. The summed E-state index contributed by atoms with van der Waals surface area (Å²) in [5, 5.41) is 9.76. The molecular weight excluding hydrogens is 523 g/mol. The summed E-state index contributed by atoms with van der Waals surface area (Å²) < 4.78 is 43.6. The van der Waals surface area contributed by atoms with Crippen LogP contribution in [0, 0.1) is 20.8 Å². The lowest BCUT2D eigenvalue weighted by Crippen LogP contribution is -2.24. The maximum Gasteiger partial charge on any atom is 0.573 e. The molecule has 2 N–H and O–H groups in total. The van der Waals surface area contributed by atoms with Crippen molar-refractivity contribution in [1.29, 1.82) is 0 Å². The molecule has 4 aromatic carbocycles. The summed E-state index contributed by atoms with van der Waals surface area (Å²) in [7, 11) is 0. The Morgan fingerprint density at radius 2 is 1.74 bits per heavy atom. The molecule has 0 aliphatic heterocycles. The third-order valence-electron chi connectivity index (χ3n) is 6.32. The molecule has 0 aliphatic rings. The first-order chi connectivity index (χ1) is 18.6. The van der Waals surface area contributed by atoms with Gasteiger partial charge < -0.3 is 10.1 Å². The molecule has 1 heterocycles. The van der Waals surface area contributed by atoms with Crippen molar-refractivity contribution in [2.24, 2.45) is 5.10 Å². The third kappa shape index (κ3) is 5.70. The second-order valence-corrected chi connectivity index (χ2v) is 9.52. The summed E-state index contributed by atoms with van der Waals surface area (Å²) in [5.74, 6) is -0.260. The molecule has 0 radical (unpaired) electrons. The number of halogens is 3. The van der Waals surface area contributed by atoms with Crippen molar-refractivity contribution in [1.82, 2.24) is 15.0 Å². The first-order valence-corrected chi connectivity index (χ1v) is 12.4. The summed E-state index contributed by atoms with van der Waals surface area (Å²) in [5.41, 5.74) is 9.83. The van der Waals surface area contributed by atoms with Gasteiger partial charge in [0.1, 0.15) is 12.1 Å². The zero-order chi connectivity index (χ0) is 27.7. The molecule has 1 aromatic heterocycles. The van der Waals surface area contributed by atoms with E-state index in [0.717, 1.165) is 44.2 Å². The van der Waals surface area contributed by atoms with Crippen LogP contribution in [0.3, 0.4) is 0 Å². The van der Waals surface area contributed by atoms with E-state index >= 15 is 0 Å². The molecule has 0 saturated heterocycles. The zero-order valence-corrected chi connectivity index (χ0v) is 22.1. The minimum absolute atomic E-state index is 0.260.